The quantitative estimate of drug-likeness (QED) is 0.0215. The topological polar surface area (TPSA) is 312 Å². The van der Waals surface area contributed by atoms with E-state index in [0.717, 1.165) is 12.1 Å². The third-order valence-corrected chi connectivity index (χ3v) is 15.8. The molecule has 70 heavy (non-hydrogen) atoms. The molecule has 1 heterocycles. The Balaban J connectivity index is 0.00000490. The summed E-state index contributed by atoms with van der Waals surface area (Å²) in [4.78, 5) is 0.861. The van der Waals surface area contributed by atoms with Gasteiger partial charge >= 0.3 is 257 Å². The van der Waals surface area contributed by atoms with Crippen LogP contribution in [0.15, 0.2) is 97.6 Å². The van der Waals surface area contributed by atoms with Gasteiger partial charge in [0.1, 0.15) is 20.2 Å². The first kappa shape index (κ1) is 72.7. The van der Waals surface area contributed by atoms with Crippen LogP contribution < -0.4 is 272 Å². The van der Waals surface area contributed by atoms with Crippen LogP contribution in [-0.4, -0.2) is 69.9 Å². The molecule has 4 aromatic rings. The summed E-state index contributed by atoms with van der Waals surface area (Å²) in [6, 6.07) is 11.4. The van der Waals surface area contributed by atoms with Crippen LogP contribution in [0.3, 0.4) is 0 Å². The minimum absolute atomic E-state index is 0. The molecule has 0 aromatic heterocycles. The van der Waals surface area contributed by atoms with E-state index in [1.807, 2.05) is 32.6 Å². The summed E-state index contributed by atoms with van der Waals surface area (Å²) < 4.78 is 151. The molecular weight excluding hydrogens is 1170 g/mol. The molecule has 0 saturated heterocycles. The van der Waals surface area contributed by atoms with Crippen molar-refractivity contribution >= 4 is 97.4 Å². The first-order valence-corrected chi connectivity index (χ1v) is 26.9. The summed E-state index contributed by atoms with van der Waals surface area (Å²) in [6.07, 6.45) is 6.16. The molecular formula is C40H40K5NO18S6. The molecule has 0 bridgehead atoms. The summed E-state index contributed by atoms with van der Waals surface area (Å²) in [7, 11) is -19.0. The summed E-state index contributed by atoms with van der Waals surface area (Å²) >= 11 is 0.796. The molecule has 0 fully saturated rings. The van der Waals surface area contributed by atoms with E-state index >= 15 is 0 Å². The van der Waals surface area contributed by atoms with E-state index in [9.17, 15) is 62.4 Å². The van der Waals surface area contributed by atoms with Gasteiger partial charge in [0.2, 0.25) is 0 Å². The summed E-state index contributed by atoms with van der Waals surface area (Å²) in [6.45, 7) is 7.55. The third kappa shape index (κ3) is 17.9. The van der Waals surface area contributed by atoms with Gasteiger partial charge in [0.15, 0.2) is 0 Å². The second-order valence-corrected chi connectivity index (χ2v) is 23.6. The van der Waals surface area contributed by atoms with Gasteiger partial charge in [-0.15, -0.1) is 0 Å². The molecule has 0 saturated carbocycles. The van der Waals surface area contributed by atoms with Crippen molar-refractivity contribution in [1.29, 1.82) is 0 Å². The average molecular weight is 1210 g/mol. The van der Waals surface area contributed by atoms with Crippen LogP contribution in [0.25, 0.3) is 27.1 Å². The van der Waals surface area contributed by atoms with Gasteiger partial charge in [-0.2, -0.15) is 17.1 Å². The molecule has 1 aliphatic heterocycles. The molecule has 19 nitrogen and oxygen atoms in total. The number of anilines is 1. The van der Waals surface area contributed by atoms with Gasteiger partial charge in [0.25, 0.3) is 10.1 Å². The summed E-state index contributed by atoms with van der Waals surface area (Å²) in [5.74, 6) is -1.12. The molecule has 2 aliphatic rings. The molecule has 1 aliphatic carbocycles. The van der Waals surface area contributed by atoms with Crippen molar-refractivity contribution in [3.8, 4) is 0 Å². The fourth-order valence-corrected chi connectivity index (χ4v) is 12.4. The van der Waals surface area contributed by atoms with E-state index in [4.69, 9.17) is 0 Å². The fourth-order valence-electron chi connectivity index (χ4n) is 8.85. The Bertz CT molecular complexity index is 3120. The minimum atomic E-state index is -5.16. The number of hydrogen-bond donors (Lipinski definition) is 1. The number of benzene rings is 4. The van der Waals surface area contributed by atoms with Crippen molar-refractivity contribution in [1.82, 2.24) is 0 Å². The maximum absolute atomic E-state index is 12.9. The zero-order chi connectivity index (χ0) is 47.9. The molecule has 0 radical (unpaired) electrons. The third-order valence-electron chi connectivity index (χ3n) is 11.4. The van der Waals surface area contributed by atoms with Crippen LogP contribution >= 0.6 is 24.1 Å². The SMILES string of the molecule is CC1(C)C(C=C/C=C2/N(CCCCS(=O)(=O)[O-])c3ccc4cc(S(=O)(=O)[O-])cc(SOO[O-])c4c3C2(C)C)=C(CCCCS(=O)(=O)O)c2ccc3cc(SOO[O-])cc(S(=O)(=O)[O-])c3c21.[K+].[K+].[K+].[K+].[K+]. The van der Waals surface area contributed by atoms with Crippen LogP contribution in [0.4, 0.5) is 5.69 Å². The van der Waals surface area contributed by atoms with E-state index in [-0.39, 0.29) is 311 Å². The minimum Gasteiger partial charge on any atom is -0.748 e. The number of fused-ring (bicyclic) bond motifs is 6. The Morgan fingerprint density at radius 2 is 1.29 bits per heavy atom. The van der Waals surface area contributed by atoms with E-state index < -0.39 is 72.6 Å². The van der Waals surface area contributed by atoms with Gasteiger partial charge in [0.05, 0.1) is 49.7 Å². The Morgan fingerprint density at radius 1 is 0.686 bits per heavy atom. The fraction of sp³-hybridized carbons (Fsp3) is 0.350. The summed E-state index contributed by atoms with van der Waals surface area (Å²) in [5.41, 5.74) is 2.21. The Labute approximate surface area is 628 Å². The van der Waals surface area contributed by atoms with Crippen LogP contribution in [0, 0.1) is 0 Å². The van der Waals surface area contributed by atoms with Crippen LogP contribution in [0.2, 0.25) is 0 Å². The van der Waals surface area contributed by atoms with Gasteiger partial charge < -0.3 is 29.1 Å². The molecule has 1 N–H and O–H groups in total. The predicted molar refractivity (Wildman–Crippen MR) is 231 cm³/mol. The number of allylic oxidation sites excluding steroid dienone is 6. The van der Waals surface area contributed by atoms with Gasteiger partial charge in [0, 0.05) is 55.1 Å². The number of nitrogens with zero attached hydrogens (tertiary/aromatic N) is 1. The maximum atomic E-state index is 12.9. The van der Waals surface area contributed by atoms with Crippen molar-refractivity contribution in [3.63, 3.8) is 0 Å². The first-order valence-electron chi connectivity index (χ1n) is 19.4. The van der Waals surface area contributed by atoms with Crippen molar-refractivity contribution in [2.75, 3.05) is 23.0 Å². The molecule has 30 heteroatoms. The second kappa shape index (κ2) is 30.1. The van der Waals surface area contributed by atoms with Gasteiger partial charge in [-0.25, -0.2) is 25.3 Å². The molecule has 0 atom stereocenters. The number of unbranched alkanes of at least 4 members (excludes halogenated alkanes) is 2. The van der Waals surface area contributed by atoms with Gasteiger partial charge in [-0.1, -0.05) is 58.0 Å². The Morgan fingerprint density at radius 3 is 1.87 bits per heavy atom. The van der Waals surface area contributed by atoms with Gasteiger partial charge in [-0.3, -0.25) is 14.6 Å². The van der Waals surface area contributed by atoms with Crippen molar-refractivity contribution in [2.45, 2.75) is 90.2 Å². The standard InChI is InChI=1S/C40H45NO18S6.5K/c1-39(2)30(28(10-5-7-18-62(44,45)46)29-15-13-24-20-26(60-58-56-42)22-33(65(53,54)55)36(24)37(29)39)11-9-12-34-40(3,4)38-31(41(34)17-6-8-19-63(47,48)49)16-14-25-21-27(64(50,51)52)23-32(35(25)38)61-59-57-43;;;;;/h9,11-16,20-23,42-43H,5-8,10,17-19H2,1-4H3,(H,44,45,46)(H,47,48,49)(H,50,51,52)(H,53,54,55);;;;;/q;5*+1/p-5/b11-9?,34-12+;;;;;. The normalized spacial score (nSPS) is 15.8. The van der Waals surface area contributed by atoms with Crippen molar-refractivity contribution < 1.29 is 338 Å². The molecule has 354 valence electrons. The Hall–Kier alpha value is 4.70. The first-order chi connectivity index (χ1) is 30.2. The van der Waals surface area contributed by atoms with E-state index in [1.165, 1.54) is 12.1 Å². The van der Waals surface area contributed by atoms with Crippen molar-refractivity contribution in [2.24, 2.45) is 0 Å². The number of hydrogen-bond acceptors (Lipinski definition) is 20. The zero-order valence-electron chi connectivity index (χ0n) is 39.8. The number of rotatable bonds is 20. The van der Waals surface area contributed by atoms with Crippen LogP contribution in [0.1, 0.15) is 76.5 Å². The smallest absolute Gasteiger partial charge is 0.748 e. The average Bonchev–Trinajstić information content (AvgIpc) is 3.55. The van der Waals surface area contributed by atoms with E-state index in [1.54, 1.807) is 42.5 Å². The Kier molecular flexibility index (Phi) is 31.3. The summed E-state index contributed by atoms with van der Waals surface area (Å²) in [5, 5.41) is 29.6. The van der Waals surface area contributed by atoms with E-state index in [0.29, 0.717) is 79.5 Å². The molecule has 0 amide bonds. The van der Waals surface area contributed by atoms with Crippen LogP contribution in [-0.2, 0) is 70.0 Å². The zero-order valence-corrected chi connectivity index (χ0v) is 60.3. The monoisotopic (exact) mass is 1210 g/mol. The second-order valence-electron chi connectivity index (χ2n) is 16.3. The largest absolute Gasteiger partial charge is 1.00 e. The molecule has 4 aromatic carbocycles. The van der Waals surface area contributed by atoms with Gasteiger partial charge in [-0.05, 0) is 107 Å². The molecule has 6 rings (SSSR count). The molecule has 0 spiro atoms. The van der Waals surface area contributed by atoms with Crippen molar-refractivity contribution in [3.05, 3.63) is 94.7 Å². The molecule has 0 unspecified atom stereocenters. The van der Waals surface area contributed by atoms with E-state index in [2.05, 4.69) is 18.7 Å². The predicted octanol–water partition coefficient (Wildman–Crippen LogP) is -10.1. The maximum Gasteiger partial charge on any atom is 1.00 e. The van der Waals surface area contributed by atoms with Crippen LogP contribution in [0.5, 0.6) is 0 Å².